The first-order valence-corrected chi connectivity index (χ1v) is 7.45. The number of rotatable bonds is 2. The van der Waals surface area contributed by atoms with E-state index in [2.05, 4.69) is 0 Å². The second-order valence-corrected chi connectivity index (χ2v) is 6.43. The lowest BCUT2D eigenvalue weighted by atomic mass is 10.2. The molecule has 1 saturated heterocycles. The predicted molar refractivity (Wildman–Crippen MR) is 82.7 cm³/mol. The van der Waals surface area contributed by atoms with Gasteiger partial charge in [0.2, 0.25) is 6.79 Å². The van der Waals surface area contributed by atoms with E-state index in [1.54, 1.807) is 4.90 Å². The van der Waals surface area contributed by atoms with Crippen molar-refractivity contribution in [1.82, 2.24) is 4.90 Å². The standard InChI is InChI=1S/C14H13NO3S2/c1-8(2)15-13(16)12(20-14(15)19)6-9-3-4-10-11(5-9)18-7-17-10/h3-6,8H,7H2,1-2H3. The van der Waals surface area contributed by atoms with Gasteiger partial charge in [-0.2, -0.15) is 0 Å². The van der Waals surface area contributed by atoms with Gasteiger partial charge in [-0.25, -0.2) is 0 Å². The fourth-order valence-corrected chi connectivity index (χ4v) is 3.60. The van der Waals surface area contributed by atoms with Crippen molar-refractivity contribution < 1.29 is 14.3 Å². The van der Waals surface area contributed by atoms with Gasteiger partial charge in [-0.3, -0.25) is 9.69 Å². The molecule has 0 unspecified atom stereocenters. The third-order valence-electron chi connectivity index (χ3n) is 3.03. The Balaban J connectivity index is 1.90. The van der Waals surface area contributed by atoms with Gasteiger partial charge in [-0.05, 0) is 37.6 Å². The highest BCUT2D eigenvalue weighted by Crippen LogP contribution is 2.36. The first-order chi connectivity index (χ1) is 9.56. The molecule has 1 amide bonds. The lowest BCUT2D eigenvalue weighted by molar-refractivity contribution is -0.123. The second kappa shape index (κ2) is 5.10. The van der Waals surface area contributed by atoms with E-state index >= 15 is 0 Å². The second-order valence-electron chi connectivity index (χ2n) is 4.76. The van der Waals surface area contributed by atoms with E-state index in [9.17, 15) is 4.79 Å². The van der Waals surface area contributed by atoms with Gasteiger partial charge in [0.1, 0.15) is 4.32 Å². The Morgan fingerprint density at radius 2 is 2.10 bits per heavy atom. The molecule has 0 radical (unpaired) electrons. The van der Waals surface area contributed by atoms with Crippen LogP contribution in [0.5, 0.6) is 11.5 Å². The van der Waals surface area contributed by atoms with Crippen molar-refractivity contribution in [2.24, 2.45) is 0 Å². The molecular formula is C14H13NO3S2. The van der Waals surface area contributed by atoms with Crippen molar-refractivity contribution in [2.45, 2.75) is 19.9 Å². The molecule has 0 N–H and O–H groups in total. The van der Waals surface area contributed by atoms with Crippen LogP contribution in [-0.2, 0) is 4.79 Å². The molecule has 104 valence electrons. The van der Waals surface area contributed by atoms with Crippen molar-refractivity contribution in [1.29, 1.82) is 0 Å². The van der Waals surface area contributed by atoms with E-state index in [0.717, 1.165) is 11.3 Å². The largest absolute Gasteiger partial charge is 0.454 e. The molecule has 2 heterocycles. The van der Waals surface area contributed by atoms with Crippen LogP contribution in [0.3, 0.4) is 0 Å². The van der Waals surface area contributed by atoms with E-state index in [-0.39, 0.29) is 18.7 Å². The highest BCUT2D eigenvalue weighted by atomic mass is 32.2. The highest BCUT2D eigenvalue weighted by molar-refractivity contribution is 8.26. The maximum absolute atomic E-state index is 12.3. The summed E-state index contributed by atoms with van der Waals surface area (Å²) < 4.78 is 11.2. The summed E-state index contributed by atoms with van der Waals surface area (Å²) in [7, 11) is 0. The summed E-state index contributed by atoms with van der Waals surface area (Å²) in [4.78, 5) is 14.6. The molecule has 0 saturated carbocycles. The van der Waals surface area contributed by atoms with Gasteiger partial charge in [0.05, 0.1) is 4.91 Å². The Kier molecular flexibility index (Phi) is 3.43. The minimum atomic E-state index is -0.0346. The number of fused-ring (bicyclic) bond motifs is 1. The number of nitrogens with zero attached hydrogens (tertiary/aromatic N) is 1. The Bertz CT molecular complexity index is 625. The fraction of sp³-hybridized carbons (Fsp3) is 0.286. The van der Waals surface area contributed by atoms with Crippen molar-refractivity contribution in [3.05, 3.63) is 28.7 Å². The van der Waals surface area contributed by atoms with Crippen LogP contribution in [0.2, 0.25) is 0 Å². The molecule has 0 spiro atoms. The third kappa shape index (κ3) is 2.29. The van der Waals surface area contributed by atoms with Crippen LogP contribution in [0.25, 0.3) is 6.08 Å². The van der Waals surface area contributed by atoms with Gasteiger partial charge >= 0.3 is 0 Å². The lowest BCUT2D eigenvalue weighted by Crippen LogP contribution is -2.34. The molecule has 0 atom stereocenters. The zero-order chi connectivity index (χ0) is 14.3. The van der Waals surface area contributed by atoms with Gasteiger partial charge in [0, 0.05) is 6.04 Å². The number of hydrogen-bond donors (Lipinski definition) is 0. The molecule has 2 aliphatic heterocycles. The van der Waals surface area contributed by atoms with E-state index in [4.69, 9.17) is 21.7 Å². The summed E-state index contributed by atoms with van der Waals surface area (Å²) >= 11 is 6.58. The van der Waals surface area contributed by atoms with Crippen molar-refractivity contribution in [2.75, 3.05) is 6.79 Å². The number of benzene rings is 1. The van der Waals surface area contributed by atoms with Crippen LogP contribution >= 0.6 is 24.0 Å². The molecule has 2 aliphatic rings. The highest BCUT2D eigenvalue weighted by Gasteiger charge is 2.33. The smallest absolute Gasteiger partial charge is 0.266 e. The summed E-state index contributed by atoms with van der Waals surface area (Å²) in [5, 5.41) is 0. The van der Waals surface area contributed by atoms with Gasteiger partial charge < -0.3 is 9.47 Å². The van der Waals surface area contributed by atoms with E-state index in [0.29, 0.717) is 15.0 Å². The Morgan fingerprint density at radius 3 is 2.80 bits per heavy atom. The molecule has 1 aromatic carbocycles. The van der Waals surface area contributed by atoms with Crippen LogP contribution in [0.1, 0.15) is 19.4 Å². The zero-order valence-electron chi connectivity index (χ0n) is 11.1. The Morgan fingerprint density at radius 1 is 1.35 bits per heavy atom. The van der Waals surface area contributed by atoms with Gasteiger partial charge in [-0.1, -0.05) is 30.0 Å². The number of amides is 1. The molecule has 1 aromatic rings. The van der Waals surface area contributed by atoms with Crippen molar-refractivity contribution >= 4 is 40.3 Å². The first kappa shape index (κ1) is 13.5. The fourth-order valence-electron chi connectivity index (χ4n) is 2.08. The predicted octanol–water partition coefficient (Wildman–Crippen LogP) is 3.02. The molecule has 1 fully saturated rings. The molecule has 6 heteroatoms. The lowest BCUT2D eigenvalue weighted by Gasteiger charge is -2.18. The molecule has 20 heavy (non-hydrogen) atoms. The SMILES string of the molecule is CC(C)N1C(=O)C(=Cc2ccc3c(c2)OCO3)SC1=S. The number of carbonyl (C=O) groups is 1. The van der Waals surface area contributed by atoms with Crippen LogP contribution in [-0.4, -0.2) is 28.0 Å². The van der Waals surface area contributed by atoms with E-state index < -0.39 is 0 Å². The van der Waals surface area contributed by atoms with E-state index in [1.165, 1.54) is 11.8 Å². The third-order valence-corrected chi connectivity index (χ3v) is 4.36. The Labute approximate surface area is 126 Å². The summed E-state index contributed by atoms with van der Waals surface area (Å²) in [6.07, 6.45) is 1.84. The average Bonchev–Trinajstić information content (AvgIpc) is 2.94. The van der Waals surface area contributed by atoms with Crippen molar-refractivity contribution in [3.8, 4) is 11.5 Å². The summed E-state index contributed by atoms with van der Waals surface area (Å²) in [6, 6.07) is 5.68. The van der Waals surface area contributed by atoms with Crippen LogP contribution in [0, 0.1) is 0 Å². The molecular weight excluding hydrogens is 294 g/mol. The molecule has 3 rings (SSSR count). The first-order valence-electron chi connectivity index (χ1n) is 6.23. The number of thioether (sulfide) groups is 1. The maximum Gasteiger partial charge on any atom is 0.266 e. The normalized spacial score (nSPS) is 19.6. The summed E-state index contributed by atoms with van der Waals surface area (Å²) in [5.41, 5.74) is 0.901. The van der Waals surface area contributed by atoms with Crippen LogP contribution < -0.4 is 9.47 Å². The molecule has 4 nitrogen and oxygen atoms in total. The Hall–Kier alpha value is -1.53. The van der Waals surface area contributed by atoms with Crippen LogP contribution in [0.15, 0.2) is 23.1 Å². The molecule has 0 aliphatic carbocycles. The zero-order valence-corrected chi connectivity index (χ0v) is 12.7. The molecule has 0 aromatic heterocycles. The maximum atomic E-state index is 12.3. The minimum absolute atomic E-state index is 0.0346. The summed E-state index contributed by atoms with van der Waals surface area (Å²) in [6.45, 7) is 4.15. The number of hydrogen-bond acceptors (Lipinski definition) is 5. The number of ether oxygens (including phenoxy) is 2. The molecule has 0 bridgehead atoms. The topological polar surface area (TPSA) is 38.8 Å². The number of thiocarbonyl (C=S) groups is 1. The average molecular weight is 307 g/mol. The number of carbonyl (C=O) groups excluding carboxylic acids is 1. The monoisotopic (exact) mass is 307 g/mol. The quantitative estimate of drug-likeness (QED) is 0.620. The van der Waals surface area contributed by atoms with Crippen molar-refractivity contribution in [3.63, 3.8) is 0 Å². The van der Waals surface area contributed by atoms with Gasteiger partial charge in [0.15, 0.2) is 11.5 Å². The van der Waals surface area contributed by atoms with Gasteiger partial charge in [0.25, 0.3) is 5.91 Å². The van der Waals surface area contributed by atoms with Crippen LogP contribution in [0.4, 0.5) is 0 Å². The minimum Gasteiger partial charge on any atom is -0.454 e. The summed E-state index contributed by atoms with van der Waals surface area (Å²) in [5.74, 6) is 1.41. The van der Waals surface area contributed by atoms with Gasteiger partial charge in [-0.15, -0.1) is 0 Å². The van der Waals surface area contributed by atoms with E-state index in [1.807, 2.05) is 38.1 Å².